The van der Waals surface area contributed by atoms with Crippen LogP contribution >= 0.6 is 0 Å². The van der Waals surface area contributed by atoms with Crippen LogP contribution in [0.15, 0.2) is 18.2 Å². The molecule has 1 saturated carbocycles. The van der Waals surface area contributed by atoms with Gasteiger partial charge in [0.25, 0.3) is 0 Å². The number of nitrogens with one attached hydrogen (secondary N) is 2. The number of hydrogen-bond donors (Lipinski definition) is 2. The Morgan fingerprint density at radius 3 is 2.73 bits per heavy atom. The number of carbonyl (C=O) groups is 2. The number of urea groups is 1. The molecule has 6 nitrogen and oxygen atoms in total. The molecule has 0 radical (unpaired) electrons. The van der Waals surface area contributed by atoms with Crippen LogP contribution < -0.4 is 20.3 Å². The first kappa shape index (κ1) is 18.5. The van der Waals surface area contributed by atoms with Crippen LogP contribution in [0.4, 0.5) is 16.2 Å². The third-order valence-corrected chi connectivity index (χ3v) is 5.48. The summed E-state index contributed by atoms with van der Waals surface area (Å²) < 4.78 is 5.42. The van der Waals surface area contributed by atoms with Crippen molar-refractivity contribution in [2.75, 3.05) is 23.9 Å². The van der Waals surface area contributed by atoms with Crippen LogP contribution in [0.1, 0.15) is 51.9 Å². The van der Waals surface area contributed by atoms with Crippen LogP contribution in [0.2, 0.25) is 0 Å². The maximum Gasteiger partial charge on any atom is 0.319 e. The lowest BCUT2D eigenvalue weighted by molar-refractivity contribution is -0.119. The van der Waals surface area contributed by atoms with E-state index in [1.54, 1.807) is 24.1 Å². The monoisotopic (exact) mass is 359 g/mol. The van der Waals surface area contributed by atoms with Gasteiger partial charge in [-0.2, -0.15) is 0 Å². The lowest BCUT2D eigenvalue weighted by Gasteiger charge is -2.30. The minimum absolute atomic E-state index is 0.104. The number of ether oxygens (including phenoxy) is 1. The molecule has 1 aromatic rings. The molecule has 2 N–H and O–H groups in total. The highest BCUT2D eigenvalue weighted by Crippen LogP contribution is 2.33. The van der Waals surface area contributed by atoms with E-state index in [1.165, 1.54) is 12.8 Å². The van der Waals surface area contributed by atoms with Gasteiger partial charge in [0.05, 0.1) is 12.8 Å². The van der Waals surface area contributed by atoms with Crippen molar-refractivity contribution >= 4 is 23.3 Å². The van der Waals surface area contributed by atoms with E-state index in [9.17, 15) is 9.59 Å². The highest BCUT2D eigenvalue weighted by atomic mass is 16.5. The summed E-state index contributed by atoms with van der Waals surface area (Å²) in [5.74, 6) is 1.26. The summed E-state index contributed by atoms with van der Waals surface area (Å²) in [7, 11) is 1.59. The first-order valence-electron chi connectivity index (χ1n) is 9.64. The Hall–Kier alpha value is -2.24. The number of methoxy groups -OCH3 is 1. The Morgan fingerprint density at radius 1 is 1.19 bits per heavy atom. The molecule has 0 aromatic heterocycles. The van der Waals surface area contributed by atoms with E-state index in [0.717, 1.165) is 31.4 Å². The molecule has 0 bridgehead atoms. The second-order valence-corrected chi connectivity index (χ2v) is 7.36. The van der Waals surface area contributed by atoms with Gasteiger partial charge in [-0.3, -0.25) is 4.79 Å². The number of piperidine rings is 1. The van der Waals surface area contributed by atoms with Gasteiger partial charge in [0.15, 0.2) is 0 Å². The highest BCUT2D eigenvalue weighted by molar-refractivity contribution is 5.97. The van der Waals surface area contributed by atoms with E-state index >= 15 is 0 Å². The van der Waals surface area contributed by atoms with Crippen LogP contribution in [0, 0.1) is 5.92 Å². The summed E-state index contributed by atoms with van der Waals surface area (Å²) in [4.78, 5) is 26.4. The van der Waals surface area contributed by atoms with Gasteiger partial charge in [-0.15, -0.1) is 0 Å². The highest BCUT2D eigenvalue weighted by Gasteiger charge is 2.24. The average molecular weight is 359 g/mol. The Balaban J connectivity index is 1.70. The topological polar surface area (TPSA) is 70.7 Å². The van der Waals surface area contributed by atoms with Crippen molar-refractivity contribution in [2.24, 2.45) is 5.92 Å². The summed E-state index contributed by atoms with van der Waals surface area (Å²) in [6.45, 7) is 2.88. The molecular weight excluding hydrogens is 330 g/mol. The molecular formula is C20H29N3O3. The number of benzene rings is 1. The van der Waals surface area contributed by atoms with E-state index < -0.39 is 0 Å². The number of carbonyl (C=O) groups excluding carboxylic acids is 2. The van der Waals surface area contributed by atoms with Crippen molar-refractivity contribution in [1.82, 2.24) is 5.32 Å². The average Bonchev–Trinajstić information content (AvgIpc) is 2.64. The van der Waals surface area contributed by atoms with Crippen LogP contribution in [-0.4, -0.2) is 31.6 Å². The van der Waals surface area contributed by atoms with E-state index in [1.807, 2.05) is 6.07 Å². The predicted molar refractivity (Wildman–Crippen MR) is 103 cm³/mol. The summed E-state index contributed by atoms with van der Waals surface area (Å²) in [6, 6.07) is 5.47. The Morgan fingerprint density at radius 2 is 2.00 bits per heavy atom. The molecule has 2 unspecified atom stereocenters. The molecule has 2 atom stereocenters. The van der Waals surface area contributed by atoms with Gasteiger partial charge in [0.2, 0.25) is 5.91 Å². The third-order valence-electron chi connectivity index (χ3n) is 5.48. The Bertz CT molecular complexity index is 662. The molecule has 1 aliphatic heterocycles. The van der Waals surface area contributed by atoms with Gasteiger partial charge in [0.1, 0.15) is 5.75 Å². The van der Waals surface area contributed by atoms with Gasteiger partial charge in [-0.05, 0) is 49.8 Å². The van der Waals surface area contributed by atoms with Crippen molar-refractivity contribution in [2.45, 2.75) is 57.9 Å². The fourth-order valence-electron chi connectivity index (χ4n) is 3.91. The summed E-state index contributed by atoms with van der Waals surface area (Å²) in [6.07, 6.45) is 7.07. The van der Waals surface area contributed by atoms with Crippen LogP contribution in [0.5, 0.6) is 5.75 Å². The fraction of sp³-hybridized carbons (Fsp3) is 0.600. The standard InChI is InChI=1S/C20H29N3O3/c1-14-7-3-4-8-16(14)22-20(25)21-15-10-11-18(26-2)17(13-15)23-12-6-5-9-19(23)24/h10-11,13-14,16H,3-9,12H2,1-2H3,(H2,21,22,25). The normalized spacial score (nSPS) is 23.5. The molecule has 1 heterocycles. The zero-order chi connectivity index (χ0) is 18.5. The molecule has 1 aromatic carbocycles. The van der Waals surface area contributed by atoms with Crippen molar-refractivity contribution in [3.8, 4) is 5.75 Å². The van der Waals surface area contributed by atoms with Crippen molar-refractivity contribution < 1.29 is 14.3 Å². The molecule has 1 aliphatic carbocycles. The van der Waals surface area contributed by atoms with Gasteiger partial charge in [-0.1, -0.05) is 19.8 Å². The lowest BCUT2D eigenvalue weighted by atomic mass is 9.86. The molecule has 2 fully saturated rings. The largest absolute Gasteiger partial charge is 0.495 e. The zero-order valence-corrected chi connectivity index (χ0v) is 15.7. The molecule has 1 saturated heterocycles. The first-order valence-corrected chi connectivity index (χ1v) is 9.64. The molecule has 0 spiro atoms. The molecule has 2 aliphatic rings. The molecule has 26 heavy (non-hydrogen) atoms. The van der Waals surface area contributed by atoms with Gasteiger partial charge < -0.3 is 20.3 Å². The minimum atomic E-state index is -0.190. The van der Waals surface area contributed by atoms with Gasteiger partial charge >= 0.3 is 6.03 Å². The van der Waals surface area contributed by atoms with Crippen molar-refractivity contribution in [3.05, 3.63) is 18.2 Å². The van der Waals surface area contributed by atoms with Gasteiger partial charge in [-0.25, -0.2) is 4.79 Å². The number of amides is 3. The molecule has 3 amide bonds. The SMILES string of the molecule is COc1ccc(NC(=O)NC2CCCCC2C)cc1N1CCCCC1=O. The van der Waals surface area contributed by atoms with Gasteiger partial charge in [0, 0.05) is 24.7 Å². The minimum Gasteiger partial charge on any atom is -0.495 e. The predicted octanol–water partition coefficient (Wildman–Crippen LogP) is 3.91. The Kier molecular flexibility index (Phi) is 6.01. The molecule has 3 rings (SSSR count). The third kappa shape index (κ3) is 4.29. The lowest BCUT2D eigenvalue weighted by Crippen LogP contribution is -2.43. The summed E-state index contributed by atoms with van der Waals surface area (Å²) >= 11 is 0. The van der Waals surface area contributed by atoms with E-state index in [0.29, 0.717) is 30.3 Å². The van der Waals surface area contributed by atoms with Crippen LogP contribution in [0.25, 0.3) is 0 Å². The van der Waals surface area contributed by atoms with E-state index in [-0.39, 0.29) is 18.0 Å². The first-order chi connectivity index (χ1) is 12.6. The maximum atomic E-state index is 12.4. The molecule has 6 heteroatoms. The second kappa shape index (κ2) is 8.43. The van der Waals surface area contributed by atoms with E-state index in [4.69, 9.17) is 4.74 Å². The maximum absolute atomic E-state index is 12.4. The quantitative estimate of drug-likeness (QED) is 0.856. The number of rotatable bonds is 4. The van der Waals surface area contributed by atoms with E-state index in [2.05, 4.69) is 17.6 Å². The number of nitrogens with zero attached hydrogens (tertiary/aromatic N) is 1. The summed E-state index contributed by atoms with van der Waals surface area (Å²) in [5.41, 5.74) is 1.39. The van der Waals surface area contributed by atoms with Crippen molar-refractivity contribution in [3.63, 3.8) is 0 Å². The zero-order valence-electron chi connectivity index (χ0n) is 15.7. The smallest absolute Gasteiger partial charge is 0.319 e. The van der Waals surface area contributed by atoms with Crippen LogP contribution in [0.3, 0.4) is 0 Å². The number of anilines is 2. The van der Waals surface area contributed by atoms with Crippen molar-refractivity contribution in [1.29, 1.82) is 0 Å². The fourth-order valence-corrected chi connectivity index (χ4v) is 3.91. The summed E-state index contributed by atoms with van der Waals surface area (Å²) in [5, 5.41) is 6.00. The molecule has 142 valence electrons. The second-order valence-electron chi connectivity index (χ2n) is 7.36. The number of hydrogen-bond acceptors (Lipinski definition) is 3. The Labute approximate surface area is 155 Å². The van der Waals surface area contributed by atoms with Crippen LogP contribution in [-0.2, 0) is 4.79 Å².